The van der Waals surface area contributed by atoms with Crippen LogP contribution in [-0.4, -0.2) is 14.5 Å². The van der Waals surface area contributed by atoms with Crippen molar-refractivity contribution in [1.82, 2.24) is 0 Å². The first-order valence-corrected chi connectivity index (χ1v) is 11.1. The molecule has 0 N–H and O–H groups in total. The normalized spacial score (nSPS) is 15.4. The summed E-state index contributed by atoms with van der Waals surface area (Å²) in [6, 6.07) is 16.7. The second kappa shape index (κ2) is 6.95. The van der Waals surface area contributed by atoms with Gasteiger partial charge in [0.1, 0.15) is 0 Å². The lowest BCUT2D eigenvalue weighted by atomic mass is 9.92. The number of hydrogen-bond donors (Lipinski definition) is 0. The van der Waals surface area contributed by atoms with Gasteiger partial charge in [0.15, 0.2) is 13.9 Å². The summed E-state index contributed by atoms with van der Waals surface area (Å²) in [6.07, 6.45) is -1.96. The van der Waals surface area contributed by atoms with E-state index in [0.717, 1.165) is 6.08 Å². The lowest BCUT2D eigenvalue weighted by Gasteiger charge is -2.38. The molecule has 0 heterocycles. The molecule has 128 valence electrons. The van der Waals surface area contributed by atoms with Crippen molar-refractivity contribution < 1.29 is 17.6 Å². The zero-order valence-corrected chi connectivity index (χ0v) is 15.0. The van der Waals surface area contributed by atoms with Crippen LogP contribution >= 0.6 is 0 Å². The fourth-order valence-electron chi connectivity index (χ4n) is 2.45. The van der Waals surface area contributed by atoms with Crippen LogP contribution in [0.15, 0.2) is 66.7 Å². The SMILES string of the molecule is C[Si](C)(C)O[C@@](/C=C/c1ccccc1)(c1ccccc1)C(F)(F)F. The molecule has 0 aliphatic rings. The maximum Gasteiger partial charge on any atom is 0.424 e. The highest BCUT2D eigenvalue weighted by atomic mass is 28.4. The lowest BCUT2D eigenvalue weighted by molar-refractivity contribution is -0.237. The van der Waals surface area contributed by atoms with Gasteiger partial charge in [0.05, 0.1) is 0 Å². The Kier molecular flexibility index (Phi) is 5.35. The third kappa shape index (κ3) is 4.36. The molecule has 0 aromatic heterocycles. The highest BCUT2D eigenvalue weighted by Gasteiger charge is 2.57. The summed E-state index contributed by atoms with van der Waals surface area (Å²) in [5, 5.41) is 0. The molecule has 0 spiro atoms. The molecule has 2 aromatic rings. The lowest BCUT2D eigenvalue weighted by Crippen LogP contribution is -2.49. The number of halogens is 3. The number of hydrogen-bond acceptors (Lipinski definition) is 1. The van der Waals surface area contributed by atoms with Crippen LogP contribution in [-0.2, 0) is 10.0 Å². The maximum absolute atomic E-state index is 14.1. The van der Waals surface area contributed by atoms with Gasteiger partial charge in [0.25, 0.3) is 0 Å². The average molecular weight is 350 g/mol. The molecule has 0 fully saturated rings. The first kappa shape index (κ1) is 18.5. The van der Waals surface area contributed by atoms with E-state index in [0.29, 0.717) is 5.56 Å². The van der Waals surface area contributed by atoms with Crippen molar-refractivity contribution in [3.8, 4) is 0 Å². The summed E-state index contributed by atoms with van der Waals surface area (Å²) in [5.74, 6) is 0. The first-order valence-electron chi connectivity index (χ1n) is 7.71. The fraction of sp³-hybridized carbons (Fsp3) is 0.263. The summed E-state index contributed by atoms with van der Waals surface area (Å²) >= 11 is 0. The van der Waals surface area contributed by atoms with Crippen LogP contribution in [0.5, 0.6) is 0 Å². The second-order valence-corrected chi connectivity index (χ2v) is 11.0. The van der Waals surface area contributed by atoms with Gasteiger partial charge in [-0.2, -0.15) is 13.2 Å². The van der Waals surface area contributed by atoms with Gasteiger partial charge in [-0.25, -0.2) is 0 Å². The zero-order chi connectivity index (χ0) is 17.8. The Labute approximate surface area is 141 Å². The third-order valence-electron chi connectivity index (χ3n) is 3.40. The van der Waals surface area contributed by atoms with E-state index in [-0.39, 0.29) is 5.56 Å². The summed E-state index contributed by atoms with van der Waals surface area (Å²) in [6.45, 7) is 5.27. The third-order valence-corrected chi connectivity index (χ3v) is 4.34. The van der Waals surface area contributed by atoms with Crippen LogP contribution in [0, 0.1) is 0 Å². The van der Waals surface area contributed by atoms with Gasteiger partial charge in [-0.15, -0.1) is 0 Å². The predicted molar refractivity (Wildman–Crippen MR) is 94.1 cm³/mol. The summed E-state index contributed by atoms with van der Waals surface area (Å²) in [4.78, 5) is 0. The van der Waals surface area contributed by atoms with Gasteiger partial charge in [0.2, 0.25) is 0 Å². The molecule has 0 unspecified atom stereocenters. The van der Waals surface area contributed by atoms with E-state index in [4.69, 9.17) is 4.43 Å². The van der Waals surface area contributed by atoms with Crippen LogP contribution in [0.2, 0.25) is 19.6 Å². The molecule has 0 aliphatic heterocycles. The molecule has 0 saturated carbocycles. The van der Waals surface area contributed by atoms with Gasteiger partial charge in [0, 0.05) is 0 Å². The molecule has 0 saturated heterocycles. The highest BCUT2D eigenvalue weighted by molar-refractivity contribution is 6.69. The molecule has 5 heteroatoms. The van der Waals surface area contributed by atoms with Gasteiger partial charge in [-0.1, -0.05) is 66.7 Å². The standard InChI is InChI=1S/C19H21F3OSi/c1-24(2,3)23-18(19(20,21)22,17-12-8-5-9-13-17)15-14-16-10-6-4-7-11-16/h4-15H,1-3H3/b15-14+/t18-/m0/s1. The Bertz CT molecular complexity index is 675. The van der Waals surface area contributed by atoms with Crippen LogP contribution < -0.4 is 0 Å². The minimum Gasteiger partial charge on any atom is -0.397 e. The van der Waals surface area contributed by atoms with Crippen molar-refractivity contribution in [1.29, 1.82) is 0 Å². The Morgan fingerprint density at radius 2 is 1.33 bits per heavy atom. The van der Waals surface area contributed by atoms with Crippen molar-refractivity contribution in [2.75, 3.05) is 0 Å². The van der Waals surface area contributed by atoms with Crippen molar-refractivity contribution in [2.24, 2.45) is 0 Å². The minimum atomic E-state index is -4.57. The largest absolute Gasteiger partial charge is 0.424 e. The first-order chi connectivity index (χ1) is 11.1. The molecule has 2 rings (SSSR count). The number of alkyl halides is 3. The summed E-state index contributed by atoms with van der Waals surface area (Å²) in [7, 11) is -2.49. The molecule has 0 radical (unpaired) electrons. The van der Waals surface area contributed by atoms with E-state index >= 15 is 0 Å². The van der Waals surface area contributed by atoms with Crippen molar-refractivity contribution >= 4 is 14.4 Å². The minimum absolute atomic E-state index is 0.0899. The van der Waals surface area contributed by atoms with Crippen molar-refractivity contribution in [3.63, 3.8) is 0 Å². The van der Waals surface area contributed by atoms with Crippen LogP contribution in [0.25, 0.3) is 6.08 Å². The number of benzene rings is 2. The molecule has 0 bridgehead atoms. The van der Waals surface area contributed by atoms with Gasteiger partial charge < -0.3 is 4.43 Å². The Balaban J connectivity index is 2.60. The summed E-state index contributed by atoms with van der Waals surface area (Å²) in [5.41, 5.74) is -1.66. The maximum atomic E-state index is 14.1. The van der Waals surface area contributed by atoms with Crippen LogP contribution in [0.3, 0.4) is 0 Å². The monoisotopic (exact) mass is 350 g/mol. The number of rotatable bonds is 5. The van der Waals surface area contributed by atoms with E-state index in [1.807, 2.05) is 6.07 Å². The van der Waals surface area contributed by atoms with Crippen LogP contribution in [0.4, 0.5) is 13.2 Å². The topological polar surface area (TPSA) is 9.23 Å². The Hall–Kier alpha value is -1.85. The quantitative estimate of drug-likeness (QED) is 0.600. The van der Waals surface area contributed by atoms with Gasteiger partial charge >= 0.3 is 6.18 Å². The van der Waals surface area contributed by atoms with E-state index in [1.54, 1.807) is 62.1 Å². The molecule has 0 aliphatic carbocycles. The predicted octanol–water partition coefficient (Wildman–Crippen LogP) is 6.01. The molecule has 1 nitrogen and oxygen atoms in total. The van der Waals surface area contributed by atoms with Crippen molar-refractivity contribution in [3.05, 3.63) is 77.9 Å². The van der Waals surface area contributed by atoms with E-state index < -0.39 is 20.1 Å². The van der Waals surface area contributed by atoms with Gasteiger partial charge in [-0.3, -0.25) is 0 Å². The molecular formula is C19H21F3OSi. The van der Waals surface area contributed by atoms with Crippen molar-refractivity contribution in [2.45, 2.75) is 31.4 Å². The van der Waals surface area contributed by atoms with E-state index in [9.17, 15) is 13.2 Å². The molecule has 1 atom stereocenters. The molecule has 24 heavy (non-hydrogen) atoms. The van der Waals surface area contributed by atoms with E-state index in [2.05, 4.69) is 0 Å². The summed E-state index contributed by atoms with van der Waals surface area (Å²) < 4.78 is 48.1. The molecule has 2 aromatic carbocycles. The average Bonchev–Trinajstić information content (AvgIpc) is 2.51. The highest BCUT2D eigenvalue weighted by Crippen LogP contribution is 2.45. The Morgan fingerprint density at radius 3 is 1.79 bits per heavy atom. The van der Waals surface area contributed by atoms with E-state index in [1.165, 1.54) is 18.2 Å². The second-order valence-electron chi connectivity index (χ2n) is 6.56. The van der Waals surface area contributed by atoms with Crippen LogP contribution in [0.1, 0.15) is 11.1 Å². The van der Waals surface area contributed by atoms with Gasteiger partial charge in [-0.05, 0) is 36.8 Å². The molecular weight excluding hydrogens is 329 g/mol. The molecule has 0 amide bonds. The zero-order valence-electron chi connectivity index (χ0n) is 14.0. The fourth-order valence-corrected chi connectivity index (χ4v) is 3.72. The smallest absolute Gasteiger partial charge is 0.397 e. The Morgan fingerprint density at radius 1 is 0.833 bits per heavy atom.